The van der Waals surface area contributed by atoms with E-state index in [0.29, 0.717) is 17.5 Å². The number of anilines is 1. The highest BCUT2D eigenvalue weighted by molar-refractivity contribution is 7.90. The van der Waals surface area contributed by atoms with Gasteiger partial charge in [0.25, 0.3) is 0 Å². The van der Waals surface area contributed by atoms with Crippen LogP contribution in [0.4, 0.5) is 5.69 Å². The number of benzene rings is 1. The lowest BCUT2D eigenvalue weighted by Crippen LogP contribution is -2.27. The van der Waals surface area contributed by atoms with Crippen molar-refractivity contribution in [3.8, 4) is 0 Å². The molecule has 0 amide bonds. The first kappa shape index (κ1) is 18.3. The predicted octanol–water partition coefficient (Wildman–Crippen LogP) is 2.57. The topological polar surface area (TPSA) is 49.4 Å². The largest absolute Gasteiger partial charge is 0.373 e. The standard InChI is InChI=1S/C15H25ClN2O2S/c1-12(2)10-17-11-13-5-6-14(16)9-15(13)18(3)7-8-21(4,19)20/h5-6,9,12,17H,7-8,10-11H2,1-4H3. The predicted molar refractivity (Wildman–Crippen MR) is 91.0 cm³/mol. The third kappa shape index (κ3) is 7.16. The Morgan fingerprint density at radius 2 is 2.00 bits per heavy atom. The molecule has 0 atom stereocenters. The van der Waals surface area contributed by atoms with Crippen molar-refractivity contribution < 1.29 is 8.42 Å². The van der Waals surface area contributed by atoms with E-state index in [9.17, 15) is 8.42 Å². The van der Waals surface area contributed by atoms with Crippen molar-refractivity contribution in [2.45, 2.75) is 20.4 Å². The maximum absolute atomic E-state index is 11.3. The van der Waals surface area contributed by atoms with Gasteiger partial charge in [-0.1, -0.05) is 31.5 Å². The number of hydrogen-bond acceptors (Lipinski definition) is 4. The molecule has 1 aromatic rings. The van der Waals surface area contributed by atoms with E-state index in [0.717, 1.165) is 24.3 Å². The zero-order chi connectivity index (χ0) is 16.0. The molecule has 0 bridgehead atoms. The van der Waals surface area contributed by atoms with Gasteiger partial charge < -0.3 is 10.2 Å². The zero-order valence-electron chi connectivity index (χ0n) is 13.2. The van der Waals surface area contributed by atoms with Gasteiger partial charge in [-0.3, -0.25) is 0 Å². The molecule has 120 valence electrons. The molecular weight excluding hydrogens is 308 g/mol. The number of halogens is 1. The van der Waals surface area contributed by atoms with Crippen molar-refractivity contribution >= 4 is 27.1 Å². The molecule has 4 nitrogen and oxygen atoms in total. The number of nitrogens with one attached hydrogen (secondary N) is 1. The van der Waals surface area contributed by atoms with Crippen LogP contribution < -0.4 is 10.2 Å². The van der Waals surface area contributed by atoms with Crippen molar-refractivity contribution in [3.63, 3.8) is 0 Å². The first-order valence-corrected chi connectivity index (χ1v) is 9.51. The van der Waals surface area contributed by atoms with E-state index < -0.39 is 9.84 Å². The Bertz CT molecular complexity index is 559. The van der Waals surface area contributed by atoms with Crippen molar-refractivity contribution in [2.75, 3.05) is 37.0 Å². The highest BCUT2D eigenvalue weighted by atomic mass is 35.5. The Morgan fingerprint density at radius 3 is 2.57 bits per heavy atom. The first-order chi connectivity index (χ1) is 9.69. The van der Waals surface area contributed by atoms with Gasteiger partial charge in [0.05, 0.1) is 5.75 Å². The lowest BCUT2D eigenvalue weighted by molar-refractivity contribution is 0.552. The number of nitrogens with zero attached hydrogens (tertiary/aromatic N) is 1. The van der Waals surface area contributed by atoms with Crippen LogP contribution in [0.3, 0.4) is 0 Å². The second kappa shape index (κ2) is 8.01. The minimum absolute atomic E-state index is 0.134. The van der Waals surface area contributed by atoms with Crippen LogP contribution in [0.5, 0.6) is 0 Å². The summed E-state index contributed by atoms with van der Waals surface area (Å²) in [6, 6.07) is 5.74. The summed E-state index contributed by atoms with van der Waals surface area (Å²) < 4.78 is 22.6. The Labute approximate surface area is 133 Å². The summed E-state index contributed by atoms with van der Waals surface area (Å²) in [5.74, 6) is 0.721. The Morgan fingerprint density at radius 1 is 1.33 bits per heavy atom. The van der Waals surface area contributed by atoms with Gasteiger partial charge in [0.1, 0.15) is 9.84 Å². The fraction of sp³-hybridized carbons (Fsp3) is 0.600. The number of rotatable bonds is 8. The van der Waals surface area contributed by atoms with Gasteiger partial charge in [-0.05, 0) is 30.2 Å². The summed E-state index contributed by atoms with van der Waals surface area (Å²) in [6.07, 6.45) is 1.25. The fourth-order valence-corrected chi connectivity index (χ4v) is 2.73. The van der Waals surface area contributed by atoms with E-state index in [2.05, 4.69) is 19.2 Å². The molecule has 1 aromatic carbocycles. The van der Waals surface area contributed by atoms with Crippen LogP contribution in [0, 0.1) is 5.92 Å². The molecule has 0 saturated heterocycles. The molecule has 21 heavy (non-hydrogen) atoms. The molecular formula is C15H25ClN2O2S. The minimum atomic E-state index is -2.97. The van der Waals surface area contributed by atoms with Gasteiger partial charge in [-0.25, -0.2) is 8.42 Å². The van der Waals surface area contributed by atoms with Gasteiger partial charge in [-0.15, -0.1) is 0 Å². The molecule has 0 aliphatic carbocycles. The van der Waals surface area contributed by atoms with E-state index in [1.54, 1.807) is 0 Å². The summed E-state index contributed by atoms with van der Waals surface area (Å²) in [6.45, 7) is 6.46. The van der Waals surface area contributed by atoms with Crippen molar-refractivity contribution in [3.05, 3.63) is 28.8 Å². The van der Waals surface area contributed by atoms with Crippen LogP contribution in [-0.2, 0) is 16.4 Å². The molecule has 1 N–H and O–H groups in total. The SMILES string of the molecule is CC(C)CNCc1ccc(Cl)cc1N(C)CCS(C)(=O)=O. The summed E-state index contributed by atoms with van der Waals surface area (Å²) in [5, 5.41) is 4.06. The van der Waals surface area contributed by atoms with Gasteiger partial charge >= 0.3 is 0 Å². The van der Waals surface area contributed by atoms with Crippen LogP contribution in [0.15, 0.2) is 18.2 Å². The molecule has 0 unspecified atom stereocenters. The number of hydrogen-bond donors (Lipinski definition) is 1. The lowest BCUT2D eigenvalue weighted by atomic mass is 10.1. The minimum Gasteiger partial charge on any atom is -0.373 e. The van der Waals surface area contributed by atoms with Crippen LogP contribution >= 0.6 is 11.6 Å². The molecule has 0 aliphatic rings. The Hall–Kier alpha value is -0.780. The van der Waals surface area contributed by atoms with Crippen molar-refractivity contribution in [2.24, 2.45) is 5.92 Å². The lowest BCUT2D eigenvalue weighted by Gasteiger charge is -2.23. The Kier molecular flexibility index (Phi) is 6.97. The van der Waals surface area contributed by atoms with Gasteiger partial charge in [-0.2, -0.15) is 0 Å². The average molecular weight is 333 g/mol. The summed E-state index contributed by atoms with van der Waals surface area (Å²) in [5.41, 5.74) is 2.10. The molecule has 0 saturated carbocycles. The van der Waals surface area contributed by atoms with E-state index in [1.807, 2.05) is 30.1 Å². The molecule has 0 spiro atoms. The second-order valence-electron chi connectivity index (χ2n) is 5.85. The molecule has 1 rings (SSSR count). The smallest absolute Gasteiger partial charge is 0.149 e. The van der Waals surface area contributed by atoms with E-state index in [-0.39, 0.29) is 5.75 Å². The van der Waals surface area contributed by atoms with Crippen molar-refractivity contribution in [1.82, 2.24) is 5.32 Å². The number of sulfone groups is 1. The molecule has 6 heteroatoms. The van der Waals surface area contributed by atoms with Gasteiger partial charge in [0, 0.05) is 37.1 Å². The summed E-state index contributed by atoms with van der Waals surface area (Å²) >= 11 is 6.07. The summed E-state index contributed by atoms with van der Waals surface area (Å²) in [4.78, 5) is 1.94. The van der Waals surface area contributed by atoms with Gasteiger partial charge in [0.15, 0.2) is 0 Å². The van der Waals surface area contributed by atoms with E-state index in [1.165, 1.54) is 6.26 Å². The maximum atomic E-state index is 11.3. The molecule has 0 aromatic heterocycles. The highest BCUT2D eigenvalue weighted by Crippen LogP contribution is 2.24. The van der Waals surface area contributed by atoms with Crippen LogP contribution in [0.2, 0.25) is 5.02 Å². The maximum Gasteiger partial charge on any atom is 0.149 e. The molecule has 0 heterocycles. The van der Waals surface area contributed by atoms with Crippen LogP contribution in [-0.4, -0.2) is 40.6 Å². The molecule has 0 aliphatic heterocycles. The van der Waals surface area contributed by atoms with Crippen molar-refractivity contribution in [1.29, 1.82) is 0 Å². The molecule has 0 radical (unpaired) electrons. The fourth-order valence-electron chi connectivity index (χ4n) is 1.96. The Balaban J connectivity index is 2.80. The van der Waals surface area contributed by atoms with Crippen LogP contribution in [0.25, 0.3) is 0 Å². The monoisotopic (exact) mass is 332 g/mol. The third-order valence-corrected chi connectivity index (χ3v) is 4.28. The van der Waals surface area contributed by atoms with E-state index >= 15 is 0 Å². The first-order valence-electron chi connectivity index (χ1n) is 7.07. The quantitative estimate of drug-likeness (QED) is 0.795. The molecule has 0 fully saturated rings. The average Bonchev–Trinajstić information content (AvgIpc) is 2.36. The van der Waals surface area contributed by atoms with Gasteiger partial charge in [0.2, 0.25) is 0 Å². The normalized spacial score (nSPS) is 11.9. The highest BCUT2D eigenvalue weighted by Gasteiger charge is 2.11. The third-order valence-electron chi connectivity index (χ3n) is 3.12. The van der Waals surface area contributed by atoms with E-state index in [4.69, 9.17) is 11.6 Å². The summed E-state index contributed by atoms with van der Waals surface area (Å²) in [7, 11) is -1.08. The zero-order valence-corrected chi connectivity index (χ0v) is 14.8. The van der Waals surface area contributed by atoms with Crippen LogP contribution in [0.1, 0.15) is 19.4 Å². The second-order valence-corrected chi connectivity index (χ2v) is 8.55.